The van der Waals surface area contributed by atoms with E-state index in [1.807, 2.05) is 68.4 Å². The van der Waals surface area contributed by atoms with Crippen molar-refractivity contribution in [3.8, 4) is 0 Å². The van der Waals surface area contributed by atoms with Gasteiger partial charge < -0.3 is 10.2 Å². The van der Waals surface area contributed by atoms with Crippen molar-refractivity contribution in [1.29, 1.82) is 0 Å². The summed E-state index contributed by atoms with van der Waals surface area (Å²) in [4.78, 5) is 27.7. The molecule has 0 spiro atoms. The Morgan fingerprint density at radius 3 is 2.36 bits per heavy atom. The van der Waals surface area contributed by atoms with E-state index >= 15 is 0 Å². The van der Waals surface area contributed by atoms with Crippen LogP contribution in [0.4, 0.5) is 0 Å². The van der Waals surface area contributed by atoms with Crippen molar-refractivity contribution in [3.63, 3.8) is 0 Å². The molecular formula is C23H29BrN2O2. The Morgan fingerprint density at radius 1 is 1.00 bits per heavy atom. The molecule has 0 saturated heterocycles. The number of halogens is 1. The molecule has 0 fully saturated rings. The Balaban J connectivity index is 2.34. The van der Waals surface area contributed by atoms with Crippen LogP contribution in [0.3, 0.4) is 0 Å². The highest BCUT2D eigenvalue weighted by atomic mass is 79.9. The van der Waals surface area contributed by atoms with E-state index in [4.69, 9.17) is 0 Å². The number of carbonyl (C=O) groups is 2. The molecule has 0 heterocycles. The lowest BCUT2D eigenvalue weighted by Gasteiger charge is -2.31. The number of hydrogen-bond donors (Lipinski definition) is 1. The van der Waals surface area contributed by atoms with Crippen LogP contribution in [0.15, 0.2) is 59.1 Å². The Kier molecular flexibility index (Phi) is 9.21. The number of rotatable bonds is 10. The van der Waals surface area contributed by atoms with Crippen LogP contribution in [0.25, 0.3) is 0 Å². The van der Waals surface area contributed by atoms with E-state index < -0.39 is 6.04 Å². The van der Waals surface area contributed by atoms with E-state index in [-0.39, 0.29) is 11.8 Å². The molecule has 150 valence electrons. The molecule has 0 aliphatic carbocycles. The van der Waals surface area contributed by atoms with E-state index in [2.05, 4.69) is 21.2 Å². The average molecular weight is 445 g/mol. The molecule has 2 aromatic carbocycles. The first-order valence-electron chi connectivity index (χ1n) is 9.90. The largest absolute Gasteiger partial charge is 0.354 e. The van der Waals surface area contributed by atoms with Gasteiger partial charge in [-0.05, 0) is 36.1 Å². The third-order valence-corrected chi connectivity index (χ3v) is 5.02. The minimum absolute atomic E-state index is 0.00931. The normalized spacial score (nSPS) is 11.7. The van der Waals surface area contributed by atoms with Crippen molar-refractivity contribution < 1.29 is 9.59 Å². The molecule has 0 aromatic heterocycles. The summed E-state index contributed by atoms with van der Waals surface area (Å²) in [6.45, 7) is 5.03. The van der Waals surface area contributed by atoms with Crippen LogP contribution in [0.5, 0.6) is 0 Å². The highest BCUT2D eigenvalue weighted by Crippen LogP contribution is 2.18. The highest BCUT2D eigenvalue weighted by Gasteiger charge is 2.29. The lowest BCUT2D eigenvalue weighted by atomic mass is 10.0. The molecule has 0 saturated carbocycles. The Morgan fingerprint density at radius 2 is 1.71 bits per heavy atom. The number of hydrogen-bond acceptors (Lipinski definition) is 2. The molecular weight excluding hydrogens is 416 g/mol. The summed E-state index contributed by atoms with van der Waals surface area (Å²) in [6.07, 6.45) is 2.54. The summed E-state index contributed by atoms with van der Waals surface area (Å²) in [5.74, 6) is -0.0831. The van der Waals surface area contributed by atoms with Crippen molar-refractivity contribution in [2.24, 2.45) is 0 Å². The Labute approximate surface area is 176 Å². The van der Waals surface area contributed by atoms with Gasteiger partial charge in [-0.1, -0.05) is 72.2 Å². The summed E-state index contributed by atoms with van der Waals surface area (Å²) >= 11 is 3.49. The minimum Gasteiger partial charge on any atom is -0.354 e. The SMILES string of the molecule is CCCNC(=O)C(Cc1ccccc1)N(Cc1cccc(Br)c1)C(=O)CCC. The van der Waals surface area contributed by atoms with Gasteiger partial charge in [0.1, 0.15) is 6.04 Å². The zero-order chi connectivity index (χ0) is 20.4. The van der Waals surface area contributed by atoms with Gasteiger partial charge in [-0.15, -0.1) is 0 Å². The van der Waals surface area contributed by atoms with Gasteiger partial charge in [-0.2, -0.15) is 0 Å². The number of nitrogens with one attached hydrogen (secondary N) is 1. The average Bonchev–Trinajstić information content (AvgIpc) is 2.69. The Hall–Kier alpha value is -2.14. The molecule has 2 amide bonds. The molecule has 4 nitrogen and oxygen atoms in total. The fourth-order valence-corrected chi connectivity index (χ4v) is 3.56. The fourth-order valence-electron chi connectivity index (χ4n) is 3.11. The van der Waals surface area contributed by atoms with E-state index in [0.717, 1.165) is 28.4 Å². The molecule has 0 aliphatic rings. The lowest BCUT2D eigenvalue weighted by molar-refractivity contribution is -0.141. The van der Waals surface area contributed by atoms with E-state index in [9.17, 15) is 9.59 Å². The fraction of sp³-hybridized carbons (Fsp3) is 0.391. The summed E-state index contributed by atoms with van der Waals surface area (Å²) in [5, 5.41) is 2.99. The predicted molar refractivity (Wildman–Crippen MR) is 117 cm³/mol. The first-order chi connectivity index (χ1) is 13.5. The van der Waals surface area contributed by atoms with Crippen LogP contribution >= 0.6 is 15.9 Å². The molecule has 2 aromatic rings. The third kappa shape index (κ3) is 6.79. The molecule has 0 bridgehead atoms. The third-order valence-electron chi connectivity index (χ3n) is 4.53. The maximum atomic E-state index is 13.0. The Bertz CT molecular complexity index is 764. The maximum Gasteiger partial charge on any atom is 0.243 e. The van der Waals surface area contributed by atoms with E-state index in [1.165, 1.54) is 0 Å². The molecule has 28 heavy (non-hydrogen) atoms. The summed E-state index contributed by atoms with van der Waals surface area (Å²) in [6, 6.07) is 17.2. The molecule has 1 atom stereocenters. The van der Waals surface area contributed by atoms with Crippen molar-refractivity contribution >= 4 is 27.7 Å². The topological polar surface area (TPSA) is 49.4 Å². The van der Waals surface area contributed by atoms with Crippen molar-refractivity contribution in [2.45, 2.75) is 52.1 Å². The van der Waals surface area contributed by atoms with E-state index in [0.29, 0.717) is 25.9 Å². The molecule has 0 radical (unpaired) electrons. The summed E-state index contributed by atoms with van der Waals surface area (Å²) in [7, 11) is 0. The van der Waals surface area contributed by atoms with Crippen LogP contribution in [0.2, 0.25) is 0 Å². The van der Waals surface area contributed by atoms with Gasteiger partial charge in [0.25, 0.3) is 0 Å². The zero-order valence-corrected chi connectivity index (χ0v) is 18.2. The number of amides is 2. The molecule has 2 rings (SSSR count). The summed E-state index contributed by atoms with van der Waals surface area (Å²) in [5.41, 5.74) is 2.04. The standard InChI is InChI=1S/C23H29BrN2O2/c1-3-9-22(27)26(17-19-12-8-13-20(24)15-19)21(23(28)25-14-4-2)16-18-10-6-5-7-11-18/h5-8,10-13,15,21H,3-4,9,14,16-17H2,1-2H3,(H,25,28). The van der Waals surface area contributed by atoms with Crippen LogP contribution < -0.4 is 5.32 Å². The maximum absolute atomic E-state index is 13.0. The second-order valence-corrected chi connectivity index (χ2v) is 7.81. The second-order valence-electron chi connectivity index (χ2n) is 6.90. The van der Waals surface area contributed by atoms with Gasteiger partial charge in [0.05, 0.1) is 0 Å². The van der Waals surface area contributed by atoms with Crippen LogP contribution in [0.1, 0.15) is 44.2 Å². The first kappa shape index (κ1) is 22.2. The summed E-state index contributed by atoms with van der Waals surface area (Å²) < 4.78 is 0.961. The highest BCUT2D eigenvalue weighted by molar-refractivity contribution is 9.10. The number of carbonyl (C=O) groups excluding carboxylic acids is 2. The van der Waals surface area contributed by atoms with Crippen molar-refractivity contribution in [3.05, 3.63) is 70.2 Å². The van der Waals surface area contributed by atoms with Gasteiger partial charge >= 0.3 is 0 Å². The lowest BCUT2D eigenvalue weighted by Crippen LogP contribution is -2.50. The van der Waals surface area contributed by atoms with E-state index in [1.54, 1.807) is 4.90 Å². The van der Waals surface area contributed by atoms with Crippen LogP contribution in [-0.4, -0.2) is 29.3 Å². The second kappa shape index (κ2) is 11.6. The van der Waals surface area contributed by atoms with Gasteiger partial charge in [0.2, 0.25) is 11.8 Å². The van der Waals surface area contributed by atoms with Crippen molar-refractivity contribution in [2.75, 3.05) is 6.54 Å². The number of nitrogens with zero attached hydrogens (tertiary/aromatic N) is 1. The number of benzene rings is 2. The minimum atomic E-state index is -0.535. The molecule has 5 heteroatoms. The zero-order valence-electron chi connectivity index (χ0n) is 16.7. The molecule has 0 aliphatic heterocycles. The van der Waals surface area contributed by atoms with Gasteiger partial charge in [-0.3, -0.25) is 9.59 Å². The molecule has 1 N–H and O–H groups in total. The van der Waals surface area contributed by atoms with Crippen LogP contribution in [0, 0.1) is 0 Å². The molecule has 1 unspecified atom stereocenters. The monoisotopic (exact) mass is 444 g/mol. The van der Waals surface area contributed by atoms with Gasteiger partial charge in [-0.25, -0.2) is 0 Å². The van der Waals surface area contributed by atoms with Crippen LogP contribution in [-0.2, 0) is 22.6 Å². The van der Waals surface area contributed by atoms with Crippen molar-refractivity contribution in [1.82, 2.24) is 10.2 Å². The predicted octanol–water partition coefficient (Wildman–Crippen LogP) is 4.72. The quantitative estimate of drug-likeness (QED) is 0.576. The first-order valence-corrected chi connectivity index (χ1v) is 10.7. The van der Waals surface area contributed by atoms with Gasteiger partial charge in [0.15, 0.2) is 0 Å². The van der Waals surface area contributed by atoms with Gasteiger partial charge in [0, 0.05) is 30.4 Å². The smallest absolute Gasteiger partial charge is 0.243 e.